The van der Waals surface area contributed by atoms with E-state index in [-0.39, 0.29) is 23.3 Å². The molecule has 4 N–H and O–H groups in total. The molecule has 1 aliphatic carbocycles. The van der Waals surface area contributed by atoms with Crippen LogP contribution in [-0.4, -0.2) is 17.3 Å². The average Bonchev–Trinajstić information content (AvgIpc) is 2.54. The first-order chi connectivity index (χ1) is 6.65. The van der Waals surface area contributed by atoms with Gasteiger partial charge < -0.3 is 20.7 Å². The van der Waals surface area contributed by atoms with Crippen LogP contribution in [0.1, 0.15) is 23.6 Å². The van der Waals surface area contributed by atoms with Crippen LogP contribution in [0.3, 0.4) is 0 Å². The third-order valence-corrected chi connectivity index (χ3v) is 2.69. The molecule has 2 rings (SSSR count). The van der Waals surface area contributed by atoms with E-state index in [0.29, 0.717) is 12.0 Å². The van der Waals surface area contributed by atoms with Gasteiger partial charge in [0.15, 0.2) is 11.5 Å². The molecular formula is C10H13NO3. The fourth-order valence-electron chi connectivity index (χ4n) is 1.96. The largest absolute Gasteiger partial charge is 0.508 e. The molecule has 1 aromatic carbocycles. The van der Waals surface area contributed by atoms with E-state index in [0.717, 1.165) is 12.0 Å². The lowest BCUT2D eigenvalue weighted by molar-refractivity contribution is 0.364. The fourth-order valence-corrected chi connectivity index (χ4v) is 1.96. The van der Waals surface area contributed by atoms with Crippen molar-refractivity contribution < 1.29 is 14.9 Å². The maximum absolute atomic E-state index is 9.79. The van der Waals surface area contributed by atoms with Crippen LogP contribution in [0, 0.1) is 0 Å². The minimum Gasteiger partial charge on any atom is -0.508 e. The summed E-state index contributed by atoms with van der Waals surface area (Å²) in [5.41, 5.74) is 7.19. The topological polar surface area (TPSA) is 75.7 Å². The number of rotatable bonds is 1. The van der Waals surface area contributed by atoms with Gasteiger partial charge in [-0.15, -0.1) is 0 Å². The van der Waals surface area contributed by atoms with E-state index in [1.807, 2.05) is 0 Å². The van der Waals surface area contributed by atoms with Crippen molar-refractivity contribution in [2.75, 3.05) is 7.11 Å². The van der Waals surface area contributed by atoms with Crippen LogP contribution >= 0.6 is 0 Å². The van der Waals surface area contributed by atoms with Crippen molar-refractivity contribution in [1.29, 1.82) is 0 Å². The van der Waals surface area contributed by atoms with E-state index in [1.54, 1.807) is 0 Å². The number of fused-ring (bicyclic) bond motifs is 1. The zero-order chi connectivity index (χ0) is 10.3. The summed E-state index contributed by atoms with van der Waals surface area (Å²) in [4.78, 5) is 0. The van der Waals surface area contributed by atoms with Gasteiger partial charge in [-0.3, -0.25) is 0 Å². The number of ether oxygens (including phenoxy) is 1. The van der Waals surface area contributed by atoms with E-state index < -0.39 is 0 Å². The summed E-state index contributed by atoms with van der Waals surface area (Å²) in [5.74, 6) is 0.492. The Labute approximate surface area is 81.9 Å². The number of hydrogen-bond acceptors (Lipinski definition) is 4. The number of phenolic OH excluding ortho intramolecular Hbond substituents is 2. The molecule has 0 unspecified atom stereocenters. The molecular weight excluding hydrogens is 182 g/mol. The van der Waals surface area contributed by atoms with Crippen LogP contribution < -0.4 is 10.5 Å². The minimum atomic E-state index is -0.203. The predicted molar refractivity (Wildman–Crippen MR) is 51.6 cm³/mol. The predicted octanol–water partition coefficient (Wildman–Crippen LogP) is 1.05. The Morgan fingerprint density at radius 1 is 1.50 bits per heavy atom. The van der Waals surface area contributed by atoms with Gasteiger partial charge in [0.1, 0.15) is 5.75 Å². The summed E-state index contributed by atoms with van der Waals surface area (Å²) in [6.07, 6.45) is 1.46. The van der Waals surface area contributed by atoms with Gasteiger partial charge in [-0.25, -0.2) is 0 Å². The Morgan fingerprint density at radius 3 is 2.86 bits per heavy atom. The first-order valence-corrected chi connectivity index (χ1v) is 4.52. The van der Waals surface area contributed by atoms with Crippen LogP contribution in [-0.2, 0) is 6.42 Å². The molecule has 0 saturated heterocycles. The highest BCUT2D eigenvalue weighted by Gasteiger charge is 2.27. The second kappa shape index (κ2) is 3.06. The number of benzene rings is 1. The molecule has 0 fully saturated rings. The maximum Gasteiger partial charge on any atom is 0.164 e. The van der Waals surface area contributed by atoms with Gasteiger partial charge in [-0.05, 0) is 12.8 Å². The summed E-state index contributed by atoms with van der Waals surface area (Å²) < 4.78 is 4.93. The Hall–Kier alpha value is -1.42. The van der Waals surface area contributed by atoms with Gasteiger partial charge in [0.05, 0.1) is 7.11 Å². The lowest BCUT2D eigenvalue weighted by Gasteiger charge is -2.12. The van der Waals surface area contributed by atoms with E-state index in [1.165, 1.54) is 13.2 Å². The highest BCUT2D eigenvalue weighted by Crippen LogP contribution is 2.45. The van der Waals surface area contributed by atoms with Crippen molar-refractivity contribution >= 4 is 0 Å². The normalized spacial score (nSPS) is 19.4. The summed E-state index contributed by atoms with van der Waals surface area (Å²) in [6, 6.07) is 1.22. The molecule has 1 atom stereocenters. The molecule has 0 heterocycles. The monoisotopic (exact) mass is 195 g/mol. The first kappa shape index (κ1) is 9.15. The molecule has 0 aliphatic heterocycles. The Balaban J connectivity index is 2.65. The van der Waals surface area contributed by atoms with Gasteiger partial charge in [-0.2, -0.15) is 0 Å². The second-order valence-electron chi connectivity index (χ2n) is 3.48. The highest BCUT2D eigenvalue weighted by molar-refractivity contribution is 5.59. The van der Waals surface area contributed by atoms with Crippen LogP contribution in [0.4, 0.5) is 0 Å². The van der Waals surface area contributed by atoms with Crippen LogP contribution in [0.25, 0.3) is 0 Å². The van der Waals surface area contributed by atoms with Crippen LogP contribution in [0.2, 0.25) is 0 Å². The molecule has 1 aliphatic rings. The first-order valence-electron chi connectivity index (χ1n) is 4.52. The Bertz CT molecular complexity index is 376. The van der Waals surface area contributed by atoms with Gasteiger partial charge >= 0.3 is 0 Å². The summed E-state index contributed by atoms with van der Waals surface area (Å²) >= 11 is 0. The van der Waals surface area contributed by atoms with Gasteiger partial charge in [0, 0.05) is 23.2 Å². The molecule has 0 saturated carbocycles. The molecule has 0 amide bonds. The van der Waals surface area contributed by atoms with Crippen LogP contribution in [0.15, 0.2) is 6.07 Å². The summed E-state index contributed by atoms with van der Waals surface area (Å²) in [6.45, 7) is 0. The molecule has 1 aromatic rings. The summed E-state index contributed by atoms with van der Waals surface area (Å²) in [7, 11) is 1.45. The third-order valence-electron chi connectivity index (χ3n) is 2.69. The Morgan fingerprint density at radius 2 is 2.21 bits per heavy atom. The van der Waals surface area contributed by atoms with E-state index in [4.69, 9.17) is 10.5 Å². The number of aromatic hydroxyl groups is 2. The van der Waals surface area contributed by atoms with Crippen molar-refractivity contribution in [1.82, 2.24) is 0 Å². The van der Waals surface area contributed by atoms with Gasteiger partial charge in [0.2, 0.25) is 0 Å². The molecule has 4 heteroatoms. The van der Waals surface area contributed by atoms with Crippen molar-refractivity contribution in [3.8, 4) is 17.2 Å². The van der Waals surface area contributed by atoms with Crippen molar-refractivity contribution in [3.63, 3.8) is 0 Å². The highest BCUT2D eigenvalue weighted by atomic mass is 16.5. The van der Waals surface area contributed by atoms with Crippen LogP contribution in [0.5, 0.6) is 17.2 Å². The third kappa shape index (κ3) is 1.11. The lowest BCUT2D eigenvalue weighted by Crippen LogP contribution is -2.05. The average molecular weight is 195 g/mol. The number of hydrogen-bond donors (Lipinski definition) is 3. The number of methoxy groups -OCH3 is 1. The van der Waals surface area contributed by atoms with Crippen molar-refractivity contribution in [3.05, 3.63) is 17.2 Å². The molecule has 4 nitrogen and oxygen atoms in total. The Kier molecular flexibility index (Phi) is 2.00. The zero-order valence-electron chi connectivity index (χ0n) is 7.95. The molecule has 0 spiro atoms. The smallest absolute Gasteiger partial charge is 0.164 e. The molecule has 0 radical (unpaired) electrons. The molecule has 0 bridgehead atoms. The fraction of sp³-hybridized carbons (Fsp3) is 0.400. The van der Waals surface area contributed by atoms with Crippen molar-refractivity contribution in [2.24, 2.45) is 5.73 Å². The minimum absolute atomic E-state index is 0.0605. The summed E-state index contributed by atoms with van der Waals surface area (Å²) in [5, 5.41) is 19.4. The lowest BCUT2D eigenvalue weighted by atomic mass is 10.1. The van der Waals surface area contributed by atoms with Crippen molar-refractivity contribution in [2.45, 2.75) is 18.9 Å². The quantitative estimate of drug-likeness (QED) is 0.585. The zero-order valence-corrected chi connectivity index (χ0v) is 7.95. The second-order valence-corrected chi connectivity index (χ2v) is 3.48. The molecule has 0 aromatic heterocycles. The molecule has 76 valence electrons. The molecule has 14 heavy (non-hydrogen) atoms. The number of nitrogens with two attached hydrogens (primary N) is 1. The number of phenols is 2. The standard InChI is InChI=1S/C10H13NO3/c1-14-8-4-7(12)5-2-3-6(11)9(5)10(8)13/h4,6,12-13H,2-3,11H2,1H3/t6-/m1/s1. The van der Waals surface area contributed by atoms with Gasteiger partial charge in [-0.1, -0.05) is 0 Å². The van der Waals surface area contributed by atoms with E-state index in [2.05, 4.69) is 0 Å². The van der Waals surface area contributed by atoms with Gasteiger partial charge in [0.25, 0.3) is 0 Å². The van der Waals surface area contributed by atoms with E-state index >= 15 is 0 Å². The SMILES string of the molecule is COc1cc(O)c2c(c1O)[C@H](N)CC2. The maximum atomic E-state index is 9.79. The van der Waals surface area contributed by atoms with E-state index in [9.17, 15) is 10.2 Å².